The van der Waals surface area contributed by atoms with Gasteiger partial charge in [-0.15, -0.1) is 0 Å². The molecule has 0 aliphatic carbocycles. The van der Waals surface area contributed by atoms with Gasteiger partial charge in [-0.25, -0.2) is 0 Å². The van der Waals surface area contributed by atoms with Crippen LogP contribution in [-0.2, 0) is 9.59 Å². The number of anilines is 2. The van der Waals surface area contributed by atoms with E-state index in [0.717, 1.165) is 16.4 Å². The lowest BCUT2D eigenvalue weighted by atomic mass is 10.1. The molecule has 1 aliphatic rings. The molecule has 1 atom stereocenters. The number of ether oxygens (including phenoxy) is 3. The maximum atomic E-state index is 13.3. The first-order chi connectivity index (χ1) is 16.5. The molecule has 2 amide bonds. The van der Waals surface area contributed by atoms with Gasteiger partial charge in [-0.05, 0) is 30.7 Å². The number of carbonyl (C=O) groups excluding carboxylic acids is 2. The molecule has 0 unspecified atom stereocenters. The minimum atomic E-state index is -0.816. The molecule has 1 saturated heterocycles. The maximum absolute atomic E-state index is 13.3. The van der Waals surface area contributed by atoms with Crippen molar-refractivity contribution in [1.29, 1.82) is 0 Å². The molecule has 3 aromatic carbocycles. The van der Waals surface area contributed by atoms with E-state index in [2.05, 4.69) is 5.32 Å². The number of carbonyl (C=O) groups is 2. The molecule has 0 saturated carbocycles. The molecule has 1 fully saturated rings. The van der Waals surface area contributed by atoms with Gasteiger partial charge in [0.05, 0.1) is 27.0 Å². The lowest BCUT2D eigenvalue weighted by Gasteiger charge is -2.19. The highest BCUT2D eigenvalue weighted by Gasteiger charge is 2.39. The van der Waals surface area contributed by atoms with E-state index >= 15 is 0 Å². The van der Waals surface area contributed by atoms with E-state index in [0.29, 0.717) is 47.2 Å². The van der Waals surface area contributed by atoms with Crippen LogP contribution >= 0.6 is 0 Å². The number of para-hydroxylation sites is 1. The molecule has 1 aromatic heterocycles. The number of fused-ring (bicyclic) bond motifs is 3. The van der Waals surface area contributed by atoms with E-state index in [1.54, 1.807) is 43.4 Å². The predicted octanol–water partition coefficient (Wildman–Crippen LogP) is 4.60. The Hall–Kier alpha value is -4.20. The van der Waals surface area contributed by atoms with Gasteiger partial charge in [0.15, 0.2) is 11.5 Å². The minimum Gasteiger partial charge on any atom is -0.495 e. The number of furan rings is 1. The minimum absolute atomic E-state index is 0.285. The summed E-state index contributed by atoms with van der Waals surface area (Å²) in [4.78, 5) is 27.8. The highest BCUT2D eigenvalue weighted by Crippen LogP contribution is 2.40. The number of benzene rings is 3. The van der Waals surface area contributed by atoms with Crippen molar-refractivity contribution in [3.63, 3.8) is 0 Å². The van der Waals surface area contributed by atoms with Crippen LogP contribution in [0.15, 0.2) is 59.0 Å². The SMILES string of the molecule is COc1ccc(NC(=O)[C@H]2CCN(c3cc4oc5ccccc5c4cc3OC)C2=O)cc1OC. The molecule has 5 rings (SSSR count). The molecular weight excluding hydrogens is 436 g/mol. The first kappa shape index (κ1) is 21.6. The van der Waals surface area contributed by atoms with Crippen molar-refractivity contribution in [2.24, 2.45) is 5.92 Å². The summed E-state index contributed by atoms with van der Waals surface area (Å²) in [7, 11) is 4.63. The van der Waals surface area contributed by atoms with Crippen molar-refractivity contribution in [2.75, 3.05) is 38.1 Å². The van der Waals surface area contributed by atoms with E-state index < -0.39 is 5.92 Å². The van der Waals surface area contributed by atoms with Crippen molar-refractivity contribution in [3.8, 4) is 17.2 Å². The zero-order chi connectivity index (χ0) is 23.8. The summed E-state index contributed by atoms with van der Waals surface area (Å²) in [5, 5.41) is 4.70. The van der Waals surface area contributed by atoms with Gasteiger partial charge in [0, 0.05) is 35.1 Å². The van der Waals surface area contributed by atoms with Gasteiger partial charge in [0.25, 0.3) is 0 Å². The molecule has 0 bridgehead atoms. The molecule has 8 nitrogen and oxygen atoms in total. The Bertz CT molecular complexity index is 1410. The van der Waals surface area contributed by atoms with Crippen LogP contribution in [0.25, 0.3) is 21.9 Å². The van der Waals surface area contributed by atoms with E-state index in [1.165, 1.54) is 7.11 Å². The van der Waals surface area contributed by atoms with Crippen LogP contribution in [-0.4, -0.2) is 39.7 Å². The van der Waals surface area contributed by atoms with Crippen molar-refractivity contribution in [2.45, 2.75) is 6.42 Å². The summed E-state index contributed by atoms with van der Waals surface area (Å²) < 4.78 is 22.1. The Labute approximate surface area is 196 Å². The first-order valence-electron chi connectivity index (χ1n) is 10.9. The molecule has 0 radical (unpaired) electrons. The van der Waals surface area contributed by atoms with Crippen molar-refractivity contribution < 1.29 is 28.2 Å². The first-order valence-corrected chi connectivity index (χ1v) is 10.9. The molecule has 4 aromatic rings. The number of hydrogen-bond acceptors (Lipinski definition) is 6. The normalized spacial score (nSPS) is 15.7. The van der Waals surface area contributed by atoms with Crippen LogP contribution in [0.4, 0.5) is 11.4 Å². The van der Waals surface area contributed by atoms with Crippen LogP contribution in [0.2, 0.25) is 0 Å². The summed E-state index contributed by atoms with van der Waals surface area (Å²) in [6.45, 7) is 0.394. The number of nitrogens with zero attached hydrogens (tertiary/aromatic N) is 1. The predicted molar refractivity (Wildman–Crippen MR) is 129 cm³/mol. The standard InChI is InChI=1S/C26H24N2O6/c1-31-21-9-8-15(12-24(21)33-3)27-25(29)17-10-11-28(26(17)30)19-14-22-18(13-23(19)32-2)16-6-4-5-7-20(16)34-22/h4-9,12-14,17H,10-11H2,1-3H3,(H,27,29)/t17-/m1/s1. The maximum Gasteiger partial charge on any atom is 0.239 e. The molecule has 2 heterocycles. The monoisotopic (exact) mass is 460 g/mol. The van der Waals surface area contributed by atoms with Crippen LogP contribution < -0.4 is 24.4 Å². The third-order valence-corrected chi connectivity index (χ3v) is 6.14. The third-order valence-electron chi connectivity index (χ3n) is 6.14. The smallest absolute Gasteiger partial charge is 0.239 e. The summed E-state index contributed by atoms with van der Waals surface area (Å²) in [6, 6.07) is 16.5. The number of hydrogen-bond donors (Lipinski definition) is 1. The van der Waals surface area contributed by atoms with Crippen LogP contribution in [0.5, 0.6) is 17.2 Å². The molecule has 8 heteroatoms. The van der Waals surface area contributed by atoms with Gasteiger partial charge in [-0.1, -0.05) is 18.2 Å². The second-order valence-corrected chi connectivity index (χ2v) is 8.01. The van der Waals surface area contributed by atoms with E-state index in [4.69, 9.17) is 18.6 Å². The zero-order valence-corrected chi connectivity index (χ0v) is 19.1. The lowest BCUT2D eigenvalue weighted by molar-refractivity contribution is -0.129. The molecular formula is C26H24N2O6. The highest BCUT2D eigenvalue weighted by atomic mass is 16.5. The summed E-state index contributed by atoms with van der Waals surface area (Å²) >= 11 is 0. The number of nitrogens with one attached hydrogen (secondary N) is 1. The quantitative estimate of drug-likeness (QED) is 0.423. The topological polar surface area (TPSA) is 90.2 Å². The fourth-order valence-corrected chi connectivity index (χ4v) is 4.42. The zero-order valence-electron chi connectivity index (χ0n) is 19.1. The molecule has 34 heavy (non-hydrogen) atoms. The van der Waals surface area contributed by atoms with Crippen LogP contribution in [0.3, 0.4) is 0 Å². The Balaban J connectivity index is 1.41. The molecule has 1 N–H and O–H groups in total. The number of rotatable bonds is 6. The molecule has 174 valence electrons. The van der Waals surface area contributed by atoms with Crippen LogP contribution in [0, 0.1) is 5.92 Å². The van der Waals surface area contributed by atoms with Gasteiger partial charge in [0.2, 0.25) is 11.8 Å². The van der Waals surface area contributed by atoms with Gasteiger partial charge < -0.3 is 28.8 Å². The average Bonchev–Trinajstić information content (AvgIpc) is 3.42. The van der Waals surface area contributed by atoms with E-state index in [1.807, 2.05) is 30.3 Å². The van der Waals surface area contributed by atoms with Gasteiger partial charge in [0.1, 0.15) is 22.8 Å². The van der Waals surface area contributed by atoms with Crippen molar-refractivity contribution in [3.05, 3.63) is 54.6 Å². The fraction of sp³-hybridized carbons (Fsp3) is 0.231. The molecule has 1 aliphatic heterocycles. The van der Waals surface area contributed by atoms with Gasteiger partial charge in [-0.2, -0.15) is 0 Å². The number of amides is 2. The second-order valence-electron chi connectivity index (χ2n) is 8.01. The van der Waals surface area contributed by atoms with E-state index in [-0.39, 0.29) is 11.8 Å². The highest BCUT2D eigenvalue weighted by molar-refractivity contribution is 6.15. The van der Waals surface area contributed by atoms with Crippen LogP contribution in [0.1, 0.15) is 6.42 Å². The Kier molecular flexibility index (Phi) is 5.49. The van der Waals surface area contributed by atoms with Gasteiger partial charge in [-0.3, -0.25) is 9.59 Å². The average molecular weight is 460 g/mol. The second kappa shape index (κ2) is 8.62. The fourth-order valence-electron chi connectivity index (χ4n) is 4.42. The lowest BCUT2D eigenvalue weighted by Crippen LogP contribution is -2.33. The van der Waals surface area contributed by atoms with Gasteiger partial charge >= 0.3 is 0 Å². The van der Waals surface area contributed by atoms with Crippen molar-refractivity contribution in [1.82, 2.24) is 0 Å². The Morgan fingerprint density at radius 3 is 2.44 bits per heavy atom. The summed E-state index contributed by atoms with van der Waals surface area (Å²) in [5.41, 5.74) is 2.52. The third kappa shape index (κ3) is 3.57. The molecule has 0 spiro atoms. The Morgan fingerprint density at radius 1 is 0.912 bits per heavy atom. The summed E-state index contributed by atoms with van der Waals surface area (Å²) in [5.74, 6) is 0.119. The van der Waals surface area contributed by atoms with E-state index in [9.17, 15) is 9.59 Å². The largest absolute Gasteiger partial charge is 0.495 e. The number of methoxy groups -OCH3 is 3. The Morgan fingerprint density at radius 2 is 1.68 bits per heavy atom. The van der Waals surface area contributed by atoms with Crippen molar-refractivity contribution >= 4 is 45.1 Å². The summed E-state index contributed by atoms with van der Waals surface area (Å²) in [6.07, 6.45) is 0.388.